The fourth-order valence-electron chi connectivity index (χ4n) is 5.13. The van der Waals surface area contributed by atoms with Gasteiger partial charge in [0.15, 0.2) is 23.2 Å². The normalized spacial score (nSPS) is 18.9. The second-order valence-electron chi connectivity index (χ2n) is 9.58. The molecule has 0 saturated heterocycles. The summed E-state index contributed by atoms with van der Waals surface area (Å²) >= 11 is 0. The molecule has 0 aliphatic heterocycles. The van der Waals surface area contributed by atoms with Gasteiger partial charge in [0, 0.05) is 5.56 Å². The van der Waals surface area contributed by atoms with Gasteiger partial charge < -0.3 is 9.84 Å². The molecule has 1 fully saturated rings. The Morgan fingerprint density at radius 3 is 2.14 bits per heavy atom. The lowest BCUT2D eigenvalue weighted by atomic mass is 9.76. The smallest absolute Gasteiger partial charge is 0.166 e. The number of ether oxygens (including phenoxy) is 1. The molecule has 35 heavy (non-hydrogen) atoms. The van der Waals surface area contributed by atoms with E-state index in [2.05, 4.69) is 0 Å². The number of halogens is 3. The second kappa shape index (κ2) is 11.3. The fraction of sp³-hybridized carbons (Fsp3) is 0.400. The van der Waals surface area contributed by atoms with Crippen LogP contribution in [-0.2, 0) is 12.8 Å². The molecular formula is C30H33F3O2. The molecule has 0 heterocycles. The quantitative estimate of drug-likeness (QED) is 0.358. The second-order valence-corrected chi connectivity index (χ2v) is 9.58. The summed E-state index contributed by atoms with van der Waals surface area (Å²) in [5, 5.41) is 9.79. The SMILES string of the molecule is CCOc1ccc(CCc2ccc(-c3ccc(C4CCC(C(C)O)CC4)c(F)c3F)cc2)cc1F. The number of hydrogen-bond donors (Lipinski definition) is 1. The summed E-state index contributed by atoms with van der Waals surface area (Å²) in [6.45, 7) is 4.03. The minimum atomic E-state index is -0.808. The first-order valence-electron chi connectivity index (χ1n) is 12.5. The summed E-state index contributed by atoms with van der Waals surface area (Å²) in [5.74, 6) is -1.44. The molecule has 3 aromatic rings. The van der Waals surface area contributed by atoms with Crippen LogP contribution < -0.4 is 4.74 Å². The number of hydrogen-bond acceptors (Lipinski definition) is 2. The molecular weight excluding hydrogens is 449 g/mol. The van der Waals surface area contributed by atoms with Gasteiger partial charge in [0.1, 0.15) is 0 Å². The van der Waals surface area contributed by atoms with Crippen molar-refractivity contribution in [2.75, 3.05) is 6.61 Å². The summed E-state index contributed by atoms with van der Waals surface area (Å²) in [4.78, 5) is 0. The average molecular weight is 483 g/mol. The highest BCUT2D eigenvalue weighted by Crippen LogP contribution is 2.39. The van der Waals surface area contributed by atoms with Crippen molar-refractivity contribution < 1.29 is 23.0 Å². The molecule has 1 N–H and O–H groups in total. The van der Waals surface area contributed by atoms with E-state index in [9.17, 15) is 9.50 Å². The fourth-order valence-corrected chi connectivity index (χ4v) is 5.13. The van der Waals surface area contributed by atoms with E-state index in [0.29, 0.717) is 30.6 Å². The van der Waals surface area contributed by atoms with Crippen LogP contribution in [0.25, 0.3) is 11.1 Å². The first-order valence-corrected chi connectivity index (χ1v) is 12.5. The molecule has 4 rings (SSSR count). The van der Waals surface area contributed by atoms with E-state index in [4.69, 9.17) is 4.74 Å². The Morgan fingerprint density at radius 2 is 1.51 bits per heavy atom. The molecule has 1 aliphatic carbocycles. The summed E-state index contributed by atoms with van der Waals surface area (Å²) in [5.41, 5.74) is 3.23. The van der Waals surface area contributed by atoms with Gasteiger partial charge in [-0.1, -0.05) is 42.5 Å². The highest BCUT2D eigenvalue weighted by molar-refractivity contribution is 5.65. The van der Waals surface area contributed by atoms with Gasteiger partial charge in [0.25, 0.3) is 0 Å². The van der Waals surface area contributed by atoms with E-state index in [1.165, 1.54) is 6.07 Å². The van der Waals surface area contributed by atoms with Crippen molar-refractivity contribution in [2.24, 2.45) is 5.92 Å². The summed E-state index contributed by atoms with van der Waals surface area (Å²) in [7, 11) is 0. The Hall–Kier alpha value is -2.79. The highest BCUT2D eigenvalue weighted by atomic mass is 19.2. The van der Waals surface area contributed by atoms with Crippen LogP contribution >= 0.6 is 0 Å². The van der Waals surface area contributed by atoms with Crippen LogP contribution in [0.15, 0.2) is 54.6 Å². The van der Waals surface area contributed by atoms with Gasteiger partial charge in [0.2, 0.25) is 0 Å². The van der Waals surface area contributed by atoms with Crippen LogP contribution in [0.1, 0.15) is 62.1 Å². The zero-order chi connectivity index (χ0) is 24.9. The van der Waals surface area contributed by atoms with Crippen molar-refractivity contribution in [3.63, 3.8) is 0 Å². The summed E-state index contributed by atoms with van der Waals surface area (Å²) in [6, 6.07) is 15.8. The molecule has 2 nitrogen and oxygen atoms in total. The van der Waals surface area contributed by atoms with Gasteiger partial charge in [-0.2, -0.15) is 0 Å². The number of aliphatic hydroxyl groups is 1. The monoisotopic (exact) mass is 482 g/mol. The minimum Gasteiger partial charge on any atom is -0.491 e. The van der Waals surface area contributed by atoms with E-state index in [-0.39, 0.29) is 35.1 Å². The first-order chi connectivity index (χ1) is 16.9. The third-order valence-corrected chi connectivity index (χ3v) is 7.27. The minimum absolute atomic E-state index is 0.0108. The Kier molecular flexibility index (Phi) is 8.17. The number of rotatable bonds is 8. The van der Waals surface area contributed by atoms with Gasteiger partial charge >= 0.3 is 0 Å². The van der Waals surface area contributed by atoms with Crippen molar-refractivity contribution in [3.8, 4) is 16.9 Å². The Morgan fingerprint density at radius 1 is 0.857 bits per heavy atom. The Labute approximate surface area is 205 Å². The van der Waals surface area contributed by atoms with Crippen LogP contribution in [0.4, 0.5) is 13.2 Å². The molecule has 5 heteroatoms. The molecule has 1 aliphatic rings. The zero-order valence-electron chi connectivity index (χ0n) is 20.4. The lowest BCUT2D eigenvalue weighted by Crippen LogP contribution is -2.23. The van der Waals surface area contributed by atoms with E-state index >= 15 is 8.78 Å². The number of aliphatic hydroxyl groups excluding tert-OH is 1. The van der Waals surface area contributed by atoms with E-state index in [1.807, 2.05) is 25.1 Å². The maximum Gasteiger partial charge on any atom is 0.166 e. The van der Waals surface area contributed by atoms with Crippen molar-refractivity contribution >= 4 is 0 Å². The molecule has 3 aromatic carbocycles. The van der Waals surface area contributed by atoms with Crippen LogP contribution in [0.2, 0.25) is 0 Å². The number of aryl methyl sites for hydroxylation is 2. The molecule has 186 valence electrons. The standard InChI is InChI=1S/C30H33F3O2/c1-3-35-28-17-8-21(18-27(28)31)5-4-20-6-9-23(10-7-20)25-15-16-26(30(33)29(25)32)24-13-11-22(12-14-24)19(2)34/h6-10,15-19,22,24,34H,3-5,11-14H2,1-2H3. The van der Waals surface area contributed by atoms with Gasteiger partial charge in [-0.25, -0.2) is 13.2 Å². The average Bonchev–Trinajstić information content (AvgIpc) is 2.86. The molecule has 0 radical (unpaired) electrons. The molecule has 1 unspecified atom stereocenters. The molecule has 0 spiro atoms. The van der Waals surface area contributed by atoms with Crippen molar-refractivity contribution in [2.45, 2.75) is 64.4 Å². The lowest BCUT2D eigenvalue weighted by Gasteiger charge is -2.30. The molecule has 1 saturated carbocycles. The Balaban J connectivity index is 1.42. The van der Waals surface area contributed by atoms with Gasteiger partial charge in [0.05, 0.1) is 12.7 Å². The first kappa shape index (κ1) is 25.3. The van der Waals surface area contributed by atoms with Crippen molar-refractivity contribution in [1.82, 2.24) is 0 Å². The maximum absolute atomic E-state index is 15.0. The van der Waals surface area contributed by atoms with E-state index in [0.717, 1.165) is 36.8 Å². The van der Waals surface area contributed by atoms with Crippen LogP contribution in [0.5, 0.6) is 5.75 Å². The summed E-state index contributed by atoms with van der Waals surface area (Å²) in [6.07, 6.45) is 4.20. The predicted molar refractivity (Wildman–Crippen MR) is 133 cm³/mol. The zero-order valence-corrected chi connectivity index (χ0v) is 20.4. The van der Waals surface area contributed by atoms with Crippen LogP contribution in [0.3, 0.4) is 0 Å². The van der Waals surface area contributed by atoms with Crippen molar-refractivity contribution in [3.05, 3.63) is 88.7 Å². The lowest BCUT2D eigenvalue weighted by molar-refractivity contribution is 0.0964. The highest BCUT2D eigenvalue weighted by Gasteiger charge is 2.28. The van der Waals surface area contributed by atoms with Crippen molar-refractivity contribution in [1.29, 1.82) is 0 Å². The van der Waals surface area contributed by atoms with E-state index in [1.54, 1.807) is 37.3 Å². The molecule has 0 bridgehead atoms. The van der Waals surface area contributed by atoms with Gasteiger partial charge in [-0.3, -0.25) is 0 Å². The molecule has 0 aromatic heterocycles. The van der Waals surface area contributed by atoms with Gasteiger partial charge in [-0.05, 0) is 98.6 Å². The third kappa shape index (κ3) is 5.90. The predicted octanol–water partition coefficient (Wildman–Crippen LogP) is 7.61. The molecule has 0 amide bonds. The maximum atomic E-state index is 15.0. The van der Waals surface area contributed by atoms with Gasteiger partial charge in [-0.15, -0.1) is 0 Å². The topological polar surface area (TPSA) is 29.5 Å². The third-order valence-electron chi connectivity index (χ3n) is 7.27. The van der Waals surface area contributed by atoms with E-state index < -0.39 is 11.6 Å². The summed E-state index contributed by atoms with van der Waals surface area (Å²) < 4.78 is 49.4. The van der Waals surface area contributed by atoms with Crippen LogP contribution in [-0.4, -0.2) is 17.8 Å². The molecule has 1 atom stereocenters. The van der Waals surface area contributed by atoms with Crippen LogP contribution in [0, 0.1) is 23.4 Å². The Bertz CT molecular complexity index is 1130. The number of benzene rings is 3. The largest absolute Gasteiger partial charge is 0.491 e.